The summed E-state index contributed by atoms with van der Waals surface area (Å²) in [5.74, 6) is -4.27. The van der Waals surface area contributed by atoms with E-state index in [2.05, 4.69) is 10.6 Å². The first-order chi connectivity index (χ1) is 12.6. The molecule has 0 aliphatic carbocycles. The van der Waals surface area contributed by atoms with Gasteiger partial charge in [0.2, 0.25) is 17.7 Å². The molecule has 11 heteroatoms. The monoisotopic (exact) mass is 387 g/mol. The predicted octanol–water partition coefficient (Wildman–Crippen LogP) is -1.70. The molecule has 27 heavy (non-hydrogen) atoms. The number of hydrogen-bond acceptors (Lipinski definition) is 6. The number of hydrogen-bond donors (Lipinski definition) is 5. The second-order valence-corrected chi connectivity index (χ2v) is 6.40. The highest BCUT2D eigenvalue weighted by molar-refractivity contribution is 5.93. The van der Waals surface area contributed by atoms with Gasteiger partial charge in [0.05, 0.1) is 12.5 Å². The Hall–Kier alpha value is -2.69. The van der Waals surface area contributed by atoms with Crippen molar-refractivity contribution in [1.29, 1.82) is 0 Å². The molecule has 152 valence electrons. The maximum Gasteiger partial charge on any atom is 0.322 e. The van der Waals surface area contributed by atoms with Crippen LogP contribution in [0.3, 0.4) is 0 Å². The fraction of sp³-hybridized carbons (Fsp3) is 0.688. The number of carboxylic acid groups (broad SMARTS) is 2. The van der Waals surface area contributed by atoms with Crippen molar-refractivity contribution in [2.75, 3.05) is 13.1 Å². The lowest BCUT2D eigenvalue weighted by molar-refractivity contribution is -0.142. The van der Waals surface area contributed by atoms with Crippen LogP contribution in [0.1, 0.15) is 39.0 Å². The topological polar surface area (TPSA) is 173 Å². The first-order valence-corrected chi connectivity index (χ1v) is 8.61. The van der Waals surface area contributed by atoms with Gasteiger partial charge in [-0.2, -0.15) is 0 Å². The lowest BCUT2D eigenvalue weighted by atomic mass is 10.1. The van der Waals surface area contributed by atoms with Crippen LogP contribution in [0.5, 0.6) is 0 Å². The van der Waals surface area contributed by atoms with Crippen molar-refractivity contribution >= 4 is 29.7 Å². The summed E-state index contributed by atoms with van der Waals surface area (Å²) < 4.78 is 0. The molecular formula is C16H25N3O8. The number of nitrogens with zero attached hydrogens (tertiary/aromatic N) is 1. The quantitative estimate of drug-likeness (QED) is 0.295. The van der Waals surface area contributed by atoms with E-state index in [1.54, 1.807) is 0 Å². The van der Waals surface area contributed by atoms with Crippen LogP contribution in [0.4, 0.5) is 0 Å². The number of rotatable bonds is 10. The molecule has 1 fully saturated rings. The van der Waals surface area contributed by atoms with Crippen LogP contribution in [0.15, 0.2) is 0 Å². The summed E-state index contributed by atoms with van der Waals surface area (Å²) in [6.07, 6.45) is -0.659. The Morgan fingerprint density at radius 2 is 1.81 bits per heavy atom. The Bertz CT molecular complexity index is 592. The molecule has 0 aromatic rings. The zero-order valence-electron chi connectivity index (χ0n) is 15.0. The fourth-order valence-corrected chi connectivity index (χ4v) is 2.80. The Balaban J connectivity index is 2.77. The lowest BCUT2D eigenvalue weighted by Gasteiger charge is -2.26. The van der Waals surface area contributed by atoms with E-state index in [0.29, 0.717) is 19.4 Å². The van der Waals surface area contributed by atoms with E-state index in [4.69, 9.17) is 10.2 Å². The minimum atomic E-state index is -1.28. The lowest BCUT2D eigenvalue weighted by Crippen LogP contribution is -2.53. The fourth-order valence-electron chi connectivity index (χ4n) is 2.80. The van der Waals surface area contributed by atoms with Crippen LogP contribution in [0.2, 0.25) is 0 Å². The molecular weight excluding hydrogens is 362 g/mol. The average Bonchev–Trinajstić information content (AvgIpc) is 3.05. The summed E-state index contributed by atoms with van der Waals surface area (Å²) in [5.41, 5.74) is 0. The molecule has 5 N–H and O–H groups in total. The summed E-state index contributed by atoms with van der Waals surface area (Å²) in [5, 5.41) is 31.3. The molecule has 3 atom stereocenters. The van der Waals surface area contributed by atoms with Crippen molar-refractivity contribution < 1.29 is 39.3 Å². The van der Waals surface area contributed by atoms with Gasteiger partial charge in [-0.15, -0.1) is 0 Å². The van der Waals surface area contributed by atoms with E-state index >= 15 is 0 Å². The number of aliphatic carboxylic acids is 2. The third-order valence-corrected chi connectivity index (χ3v) is 4.04. The van der Waals surface area contributed by atoms with Gasteiger partial charge in [-0.25, -0.2) is 0 Å². The van der Waals surface area contributed by atoms with Crippen LogP contribution >= 0.6 is 0 Å². The van der Waals surface area contributed by atoms with E-state index in [1.165, 1.54) is 11.8 Å². The van der Waals surface area contributed by atoms with Gasteiger partial charge in [0.15, 0.2) is 0 Å². The van der Waals surface area contributed by atoms with Gasteiger partial charge in [-0.3, -0.25) is 24.0 Å². The highest BCUT2D eigenvalue weighted by Gasteiger charge is 2.36. The molecule has 11 nitrogen and oxygen atoms in total. The summed E-state index contributed by atoms with van der Waals surface area (Å²) in [4.78, 5) is 59.4. The van der Waals surface area contributed by atoms with Gasteiger partial charge in [-0.1, -0.05) is 0 Å². The first kappa shape index (κ1) is 22.4. The normalized spacial score (nSPS) is 18.4. The molecule has 1 unspecified atom stereocenters. The number of likely N-dealkylation sites (tertiary alicyclic amines) is 1. The van der Waals surface area contributed by atoms with E-state index in [0.717, 1.165) is 0 Å². The highest BCUT2D eigenvalue weighted by atomic mass is 16.4. The predicted molar refractivity (Wildman–Crippen MR) is 90.5 cm³/mol. The Morgan fingerprint density at radius 3 is 2.37 bits per heavy atom. The number of carbonyl (C=O) groups is 5. The SMILES string of the molecule is CC(O)CC(=O)N1CCC[C@H]1C(=O)N[C@@H](CCC(=O)O)C(=O)NCC(=O)O. The zero-order valence-corrected chi connectivity index (χ0v) is 15.0. The Kier molecular flexibility index (Phi) is 8.66. The number of carboxylic acids is 2. The minimum absolute atomic E-state index is 0.134. The molecule has 3 amide bonds. The number of nitrogens with one attached hydrogen (secondary N) is 2. The maximum absolute atomic E-state index is 12.5. The molecule has 0 saturated carbocycles. The van der Waals surface area contributed by atoms with Crippen LogP contribution in [-0.4, -0.2) is 81.2 Å². The van der Waals surface area contributed by atoms with Crippen molar-refractivity contribution in [2.45, 2.75) is 57.2 Å². The number of carbonyl (C=O) groups excluding carboxylic acids is 3. The molecule has 0 spiro atoms. The van der Waals surface area contributed by atoms with Gasteiger partial charge < -0.3 is 30.9 Å². The van der Waals surface area contributed by atoms with E-state index in [1.807, 2.05) is 0 Å². The van der Waals surface area contributed by atoms with Gasteiger partial charge in [0, 0.05) is 13.0 Å². The number of aliphatic hydroxyl groups is 1. The van der Waals surface area contributed by atoms with E-state index in [-0.39, 0.29) is 18.7 Å². The molecule has 1 heterocycles. The summed E-state index contributed by atoms with van der Waals surface area (Å²) in [7, 11) is 0. The van der Waals surface area contributed by atoms with Crippen molar-refractivity contribution in [2.24, 2.45) is 0 Å². The highest BCUT2D eigenvalue weighted by Crippen LogP contribution is 2.19. The second kappa shape index (κ2) is 10.5. The van der Waals surface area contributed by atoms with Crippen LogP contribution in [0, 0.1) is 0 Å². The van der Waals surface area contributed by atoms with Crippen molar-refractivity contribution in [3.63, 3.8) is 0 Å². The van der Waals surface area contributed by atoms with E-state index in [9.17, 15) is 29.1 Å². The van der Waals surface area contributed by atoms with Crippen molar-refractivity contribution in [3.8, 4) is 0 Å². The number of aliphatic hydroxyl groups excluding tert-OH is 1. The Morgan fingerprint density at radius 1 is 1.15 bits per heavy atom. The van der Waals surface area contributed by atoms with Crippen LogP contribution in [-0.2, 0) is 24.0 Å². The molecule has 0 aromatic heterocycles. The van der Waals surface area contributed by atoms with Crippen molar-refractivity contribution in [3.05, 3.63) is 0 Å². The second-order valence-electron chi connectivity index (χ2n) is 6.40. The molecule has 1 rings (SSSR count). The number of amides is 3. The summed E-state index contributed by atoms with van der Waals surface area (Å²) in [6.45, 7) is 1.13. The summed E-state index contributed by atoms with van der Waals surface area (Å²) in [6, 6.07) is -2.06. The minimum Gasteiger partial charge on any atom is -0.481 e. The van der Waals surface area contributed by atoms with Gasteiger partial charge in [0.1, 0.15) is 18.6 Å². The maximum atomic E-state index is 12.5. The largest absolute Gasteiger partial charge is 0.481 e. The van der Waals surface area contributed by atoms with Crippen molar-refractivity contribution in [1.82, 2.24) is 15.5 Å². The summed E-state index contributed by atoms with van der Waals surface area (Å²) >= 11 is 0. The van der Waals surface area contributed by atoms with E-state index < -0.39 is 54.9 Å². The molecule has 1 aliphatic rings. The van der Waals surface area contributed by atoms with Gasteiger partial charge >= 0.3 is 11.9 Å². The third kappa shape index (κ3) is 7.60. The first-order valence-electron chi connectivity index (χ1n) is 8.61. The van der Waals surface area contributed by atoms with Crippen LogP contribution in [0.25, 0.3) is 0 Å². The molecule has 1 saturated heterocycles. The van der Waals surface area contributed by atoms with Gasteiger partial charge in [-0.05, 0) is 26.2 Å². The van der Waals surface area contributed by atoms with Crippen LogP contribution < -0.4 is 10.6 Å². The zero-order chi connectivity index (χ0) is 20.6. The molecule has 0 radical (unpaired) electrons. The Labute approximate surface area is 155 Å². The smallest absolute Gasteiger partial charge is 0.322 e. The molecule has 0 aromatic carbocycles. The molecule has 0 bridgehead atoms. The average molecular weight is 387 g/mol. The molecule has 1 aliphatic heterocycles. The van der Waals surface area contributed by atoms with Gasteiger partial charge in [0.25, 0.3) is 0 Å². The third-order valence-electron chi connectivity index (χ3n) is 4.04. The standard InChI is InChI=1S/C16H25N3O8/c1-9(20)7-12(21)19-6-2-3-11(19)16(27)18-10(4-5-13(22)23)15(26)17-8-14(24)25/h9-11,20H,2-8H2,1H3,(H,17,26)(H,18,27)(H,22,23)(H,24,25)/t9?,10-,11-/m0/s1.